The lowest BCUT2D eigenvalue weighted by molar-refractivity contribution is 0.0908. The Kier molecular flexibility index (Phi) is 6.25. The van der Waals surface area contributed by atoms with Gasteiger partial charge in [0.05, 0.1) is 32.4 Å². The van der Waals surface area contributed by atoms with Gasteiger partial charge in [-0.2, -0.15) is 10.5 Å². The molecule has 9 heteroatoms. The minimum absolute atomic E-state index is 0.154. The number of nitriles is 2. The fraction of sp³-hybridized carbons (Fsp3) is 0.154. The van der Waals surface area contributed by atoms with Gasteiger partial charge in [-0.25, -0.2) is 15.8 Å². The molecule has 0 aliphatic rings. The molecule has 0 radical (unpaired) electrons. The third kappa shape index (κ3) is 3.88. The first-order valence-electron chi connectivity index (χ1n) is 10.7. The SMILES string of the molecule is Cc1nc(C)c(C(O)(/C(=C/N)N(C)N)c2ccc3nc(C#N)c(-c4ccccc4)c(C#N)c3c2)s1. The zero-order valence-corrected chi connectivity index (χ0v) is 20.3. The van der Waals surface area contributed by atoms with E-state index in [4.69, 9.17) is 11.6 Å². The maximum atomic E-state index is 12.2. The molecule has 4 rings (SSSR count). The van der Waals surface area contributed by atoms with Crippen molar-refractivity contribution in [2.24, 2.45) is 11.6 Å². The number of nitrogens with two attached hydrogens (primary N) is 2. The van der Waals surface area contributed by atoms with Crippen LogP contribution in [0.3, 0.4) is 0 Å². The summed E-state index contributed by atoms with van der Waals surface area (Å²) < 4.78 is 0. The minimum atomic E-state index is -1.74. The number of nitrogens with zero attached hydrogens (tertiary/aromatic N) is 5. The Bertz CT molecular complexity index is 1540. The first kappa shape index (κ1) is 23.9. The van der Waals surface area contributed by atoms with Gasteiger partial charge in [0.25, 0.3) is 0 Å². The molecule has 0 saturated carbocycles. The standard InChI is InChI=1S/C26H23N7OS/c1-15-25(35-16(2)31-15)26(34,23(14-29)33(3)30)18-9-10-21-19(11-18)20(12-27)24(22(13-28)32-21)17-7-5-4-6-8-17/h4-11,14,34H,29-30H2,1-3H3/b23-14-. The molecule has 5 N–H and O–H groups in total. The van der Waals surface area contributed by atoms with Gasteiger partial charge in [0.15, 0.2) is 5.60 Å². The number of aryl methyl sites for hydroxylation is 2. The van der Waals surface area contributed by atoms with E-state index in [2.05, 4.69) is 22.1 Å². The zero-order valence-electron chi connectivity index (χ0n) is 19.4. The Balaban J connectivity index is 2.10. The lowest BCUT2D eigenvalue weighted by atomic mass is 9.85. The van der Waals surface area contributed by atoms with Crippen molar-refractivity contribution < 1.29 is 5.11 Å². The molecule has 0 saturated heterocycles. The molecule has 0 bridgehead atoms. The van der Waals surface area contributed by atoms with Gasteiger partial charge < -0.3 is 15.8 Å². The Hall–Kier alpha value is -4.28. The number of aliphatic hydroxyl groups is 1. The number of likely N-dealkylation sites (N-methyl/N-ethyl adjacent to an activating group) is 1. The van der Waals surface area contributed by atoms with E-state index < -0.39 is 5.60 Å². The zero-order chi connectivity index (χ0) is 25.3. The molecular weight excluding hydrogens is 458 g/mol. The van der Waals surface area contributed by atoms with E-state index >= 15 is 0 Å². The average molecular weight is 482 g/mol. The molecule has 0 amide bonds. The fourth-order valence-corrected chi connectivity index (χ4v) is 5.37. The molecule has 0 spiro atoms. The number of pyridine rings is 1. The van der Waals surface area contributed by atoms with E-state index in [-0.39, 0.29) is 11.4 Å². The van der Waals surface area contributed by atoms with Crippen molar-refractivity contribution in [3.63, 3.8) is 0 Å². The molecule has 2 aromatic heterocycles. The van der Waals surface area contributed by atoms with Gasteiger partial charge in [-0.15, -0.1) is 11.3 Å². The largest absolute Gasteiger partial charge is 0.403 e. The molecule has 1 atom stereocenters. The lowest BCUT2D eigenvalue weighted by Gasteiger charge is -2.34. The second-order valence-corrected chi connectivity index (χ2v) is 9.26. The van der Waals surface area contributed by atoms with Crippen molar-refractivity contribution in [2.75, 3.05) is 7.05 Å². The molecule has 0 fully saturated rings. The third-order valence-electron chi connectivity index (χ3n) is 5.82. The van der Waals surface area contributed by atoms with E-state index in [9.17, 15) is 15.6 Å². The van der Waals surface area contributed by atoms with Crippen LogP contribution in [0.1, 0.15) is 32.4 Å². The summed E-state index contributed by atoms with van der Waals surface area (Å²) in [6, 6.07) is 18.6. The quantitative estimate of drug-likeness (QED) is 0.289. The molecule has 4 aromatic rings. The third-order valence-corrected chi connectivity index (χ3v) is 7.01. The highest BCUT2D eigenvalue weighted by atomic mass is 32.1. The molecule has 2 aromatic carbocycles. The average Bonchev–Trinajstić information content (AvgIpc) is 3.21. The van der Waals surface area contributed by atoms with Crippen LogP contribution >= 0.6 is 11.3 Å². The van der Waals surface area contributed by atoms with Gasteiger partial charge in [-0.05, 0) is 37.1 Å². The van der Waals surface area contributed by atoms with E-state index in [1.165, 1.54) is 22.5 Å². The lowest BCUT2D eigenvalue weighted by Crippen LogP contribution is -2.41. The highest BCUT2D eigenvalue weighted by molar-refractivity contribution is 7.11. The summed E-state index contributed by atoms with van der Waals surface area (Å²) in [6.45, 7) is 3.66. The summed E-state index contributed by atoms with van der Waals surface area (Å²) in [7, 11) is 1.59. The van der Waals surface area contributed by atoms with Crippen molar-refractivity contribution in [3.8, 4) is 23.3 Å². The molecule has 0 aliphatic carbocycles. The molecule has 1 unspecified atom stereocenters. The highest BCUT2D eigenvalue weighted by Gasteiger charge is 2.41. The summed E-state index contributed by atoms with van der Waals surface area (Å²) in [4.78, 5) is 9.56. The van der Waals surface area contributed by atoms with Gasteiger partial charge in [0, 0.05) is 24.2 Å². The minimum Gasteiger partial charge on any atom is -0.403 e. The Morgan fingerprint density at radius 2 is 1.83 bits per heavy atom. The maximum absolute atomic E-state index is 12.2. The normalized spacial score (nSPS) is 13.2. The summed E-state index contributed by atoms with van der Waals surface area (Å²) >= 11 is 1.34. The van der Waals surface area contributed by atoms with Crippen LogP contribution in [0, 0.1) is 36.5 Å². The number of aromatic nitrogens is 2. The predicted octanol–water partition coefficient (Wildman–Crippen LogP) is 3.56. The Labute approximate surface area is 207 Å². The van der Waals surface area contributed by atoms with Crippen LogP contribution in [0.5, 0.6) is 0 Å². The molecule has 8 nitrogen and oxygen atoms in total. The number of fused-ring (bicyclic) bond motifs is 1. The summed E-state index contributed by atoms with van der Waals surface area (Å²) in [5.74, 6) is 6.08. The second kappa shape index (κ2) is 9.16. The van der Waals surface area contributed by atoms with Crippen LogP contribution in [0.4, 0.5) is 0 Å². The van der Waals surface area contributed by atoms with Crippen molar-refractivity contribution in [1.82, 2.24) is 15.0 Å². The van der Waals surface area contributed by atoms with Gasteiger partial charge in [0.1, 0.15) is 17.8 Å². The van der Waals surface area contributed by atoms with Gasteiger partial charge in [0.2, 0.25) is 0 Å². The van der Waals surface area contributed by atoms with Crippen LogP contribution in [-0.2, 0) is 5.60 Å². The Morgan fingerprint density at radius 1 is 1.11 bits per heavy atom. The van der Waals surface area contributed by atoms with Crippen LogP contribution in [0.25, 0.3) is 22.0 Å². The van der Waals surface area contributed by atoms with Gasteiger partial charge >= 0.3 is 0 Å². The van der Waals surface area contributed by atoms with Crippen LogP contribution in [0.2, 0.25) is 0 Å². The van der Waals surface area contributed by atoms with E-state index in [1.807, 2.05) is 44.2 Å². The van der Waals surface area contributed by atoms with Crippen molar-refractivity contribution in [1.29, 1.82) is 10.5 Å². The topological polar surface area (TPSA) is 149 Å². The molecule has 174 valence electrons. The van der Waals surface area contributed by atoms with Crippen molar-refractivity contribution >= 4 is 22.2 Å². The highest BCUT2D eigenvalue weighted by Crippen LogP contribution is 2.43. The van der Waals surface area contributed by atoms with Gasteiger partial charge in [-0.3, -0.25) is 0 Å². The second-order valence-electron chi connectivity index (χ2n) is 8.05. The number of hydrogen-bond donors (Lipinski definition) is 3. The summed E-state index contributed by atoms with van der Waals surface area (Å²) in [5, 5.41) is 34.7. The van der Waals surface area contributed by atoms with E-state index in [1.54, 1.807) is 25.2 Å². The molecule has 35 heavy (non-hydrogen) atoms. The van der Waals surface area contributed by atoms with Crippen LogP contribution < -0.4 is 11.6 Å². The predicted molar refractivity (Wildman–Crippen MR) is 135 cm³/mol. The van der Waals surface area contributed by atoms with Crippen LogP contribution in [0.15, 0.2) is 60.4 Å². The monoisotopic (exact) mass is 481 g/mol. The van der Waals surface area contributed by atoms with Gasteiger partial charge in [-0.1, -0.05) is 36.4 Å². The number of hydrazine groups is 1. The Morgan fingerprint density at radius 3 is 2.37 bits per heavy atom. The number of hydrogen-bond acceptors (Lipinski definition) is 9. The van der Waals surface area contributed by atoms with Crippen molar-refractivity contribution in [2.45, 2.75) is 19.4 Å². The molecule has 2 heterocycles. The summed E-state index contributed by atoms with van der Waals surface area (Å²) in [6.07, 6.45) is 1.26. The first-order valence-corrected chi connectivity index (χ1v) is 11.5. The number of benzene rings is 2. The van der Waals surface area contributed by atoms with E-state index in [0.717, 1.165) is 5.01 Å². The van der Waals surface area contributed by atoms with Crippen molar-refractivity contribution in [3.05, 3.63) is 92.8 Å². The number of rotatable bonds is 5. The number of thiazole rings is 1. The van der Waals surface area contributed by atoms with Crippen LogP contribution in [-0.4, -0.2) is 27.1 Å². The first-order chi connectivity index (χ1) is 16.8. The molecule has 0 aliphatic heterocycles. The fourth-order valence-electron chi connectivity index (χ4n) is 4.33. The maximum Gasteiger partial charge on any atom is 0.168 e. The smallest absolute Gasteiger partial charge is 0.168 e. The molecular formula is C26H23N7OS. The van der Waals surface area contributed by atoms with E-state index in [0.29, 0.717) is 43.7 Å². The summed E-state index contributed by atoms with van der Waals surface area (Å²) in [5.41, 5.74) is 7.57.